The molecule has 1 aliphatic rings. The van der Waals surface area contributed by atoms with Crippen molar-refractivity contribution >= 4 is 5.91 Å². The number of likely N-dealkylation sites (tertiary alicyclic amines) is 1. The first-order valence-corrected chi connectivity index (χ1v) is 7.47. The second-order valence-corrected chi connectivity index (χ2v) is 5.61. The second-order valence-electron chi connectivity index (χ2n) is 5.61. The van der Waals surface area contributed by atoms with Crippen molar-refractivity contribution in [2.75, 3.05) is 32.8 Å². The molecule has 1 aliphatic heterocycles. The van der Waals surface area contributed by atoms with Crippen LogP contribution in [0.1, 0.15) is 18.9 Å². The van der Waals surface area contributed by atoms with Gasteiger partial charge in [-0.2, -0.15) is 0 Å². The van der Waals surface area contributed by atoms with Gasteiger partial charge >= 0.3 is 0 Å². The number of nitrogens with zero attached hydrogens (tertiary/aromatic N) is 2. The summed E-state index contributed by atoms with van der Waals surface area (Å²) in [5.74, 6) is 0.0674. The van der Waals surface area contributed by atoms with Crippen LogP contribution in [0.25, 0.3) is 0 Å². The molecule has 116 valence electrons. The predicted molar refractivity (Wildman–Crippen MR) is 79.1 cm³/mol. The Labute approximate surface area is 125 Å². The number of carbonyl (C=O) groups excluding carboxylic acids is 1. The van der Waals surface area contributed by atoms with E-state index in [1.807, 2.05) is 13.0 Å². The van der Waals surface area contributed by atoms with Crippen LogP contribution in [-0.4, -0.2) is 53.6 Å². The molecule has 0 saturated carbocycles. The van der Waals surface area contributed by atoms with Crippen molar-refractivity contribution in [2.24, 2.45) is 5.92 Å². The van der Waals surface area contributed by atoms with Crippen molar-refractivity contribution < 1.29 is 14.3 Å². The fraction of sp³-hybridized carbons (Fsp3) is 0.562. The molecule has 1 fully saturated rings. The summed E-state index contributed by atoms with van der Waals surface area (Å²) in [5, 5.41) is 9.14. The van der Waals surface area contributed by atoms with E-state index in [2.05, 4.69) is 4.90 Å². The van der Waals surface area contributed by atoms with Crippen LogP contribution in [0.2, 0.25) is 0 Å². The van der Waals surface area contributed by atoms with Crippen LogP contribution < -0.4 is 0 Å². The first-order valence-electron chi connectivity index (χ1n) is 7.47. The predicted octanol–water partition coefficient (Wildman–Crippen LogP) is 1.49. The lowest BCUT2D eigenvalue weighted by Gasteiger charge is -2.24. The molecule has 21 heavy (non-hydrogen) atoms. The molecule has 1 heterocycles. The number of halogens is 1. The summed E-state index contributed by atoms with van der Waals surface area (Å²) in [5.41, 5.74) is 0.805. The fourth-order valence-electron chi connectivity index (χ4n) is 2.73. The third kappa shape index (κ3) is 4.51. The van der Waals surface area contributed by atoms with Gasteiger partial charge in [-0.05, 0) is 43.5 Å². The number of benzene rings is 1. The molecule has 1 saturated heterocycles. The van der Waals surface area contributed by atoms with E-state index in [1.165, 1.54) is 12.1 Å². The number of hydrogen-bond donors (Lipinski definition) is 1. The number of amides is 1. The van der Waals surface area contributed by atoms with Gasteiger partial charge in [0.15, 0.2) is 0 Å². The molecular formula is C16H23FN2O2. The highest BCUT2D eigenvalue weighted by Crippen LogP contribution is 2.15. The SMILES string of the molecule is CCN(Cc1cccc(F)c1)C(=O)CN1CCC(CO)C1. The Morgan fingerprint density at radius 1 is 1.52 bits per heavy atom. The normalized spacial score (nSPS) is 18.9. The van der Waals surface area contributed by atoms with Crippen LogP contribution in [-0.2, 0) is 11.3 Å². The Morgan fingerprint density at radius 2 is 2.33 bits per heavy atom. The van der Waals surface area contributed by atoms with Gasteiger partial charge in [0.05, 0.1) is 6.54 Å². The van der Waals surface area contributed by atoms with Crippen molar-refractivity contribution in [1.29, 1.82) is 0 Å². The lowest BCUT2D eigenvalue weighted by molar-refractivity contribution is -0.132. The van der Waals surface area contributed by atoms with Gasteiger partial charge in [0, 0.05) is 26.2 Å². The number of carbonyl (C=O) groups is 1. The zero-order chi connectivity index (χ0) is 15.2. The minimum Gasteiger partial charge on any atom is -0.396 e. The zero-order valence-electron chi connectivity index (χ0n) is 12.5. The highest BCUT2D eigenvalue weighted by Gasteiger charge is 2.24. The second kappa shape index (κ2) is 7.52. The van der Waals surface area contributed by atoms with Gasteiger partial charge in [-0.3, -0.25) is 9.69 Å². The van der Waals surface area contributed by atoms with E-state index in [-0.39, 0.29) is 24.2 Å². The van der Waals surface area contributed by atoms with Crippen LogP contribution in [0.15, 0.2) is 24.3 Å². The Bertz CT molecular complexity index is 481. The van der Waals surface area contributed by atoms with E-state index in [1.54, 1.807) is 11.0 Å². The van der Waals surface area contributed by atoms with Crippen LogP contribution >= 0.6 is 0 Å². The van der Waals surface area contributed by atoms with Crippen LogP contribution in [0.3, 0.4) is 0 Å². The van der Waals surface area contributed by atoms with Gasteiger partial charge in [-0.15, -0.1) is 0 Å². The molecule has 0 bridgehead atoms. The highest BCUT2D eigenvalue weighted by atomic mass is 19.1. The topological polar surface area (TPSA) is 43.8 Å². The summed E-state index contributed by atoms with van der Waals surface area (Å²) in [4.78, 5) is 16.2. The summed E-state index contributed by atoms with van der Waals surface area (Å²) >= 11 is 0. The number of rotatable bonds is 6. The Morgan fingerprint density at radius 3 is 2.95 bits per heavy atom. The molecule has 1 N–H and O–H groups in total. The lowest BCUT2D eigenvalue weighted by Crippen LogP contribution is -2.39. The summed E-state index contributed by atoms with van der Waals surface area (Å²) in [7, 11) is 0. The first kappa shape index (κ1) is 15.9. The number of aliphatic hydroxyl groups excluding tert-OH is 1. The van der Waals surface area contributed by atoms with E-state index < -0.39 is 0 Å². The van der Waals surface area contributed by atoms with Crippen molar-refractivity contribution in [3.63, 3.8) is 0 Å². The van der Waals surface area contributed by atoms with Crippen molar-refractivity contribution in [1.82, 2.24) is 9.80 Å². The maximum atomic E-state index is 13.2. The van der Waals surface area contributed by atoms with E-state index >= 15 is 0 Å². The van der Waals surface area contributed by atoms with Gasteiger partial charge in [0.1, 0.15) is 5.82 Å². The summed E-state index contributed by atoms with van der Waals surface area (Å²) in [6.07, 6.45) is 0.944. The van der Waals surface area contributed by atoms with Crippen molar-refractivity contribution in [3.8, 4) is 0 Å². The Hall–Kier alpha value is -1.46. The zero-order valence-corrected chi connectivity index (χ0v) is 12.5. The molecule has 1 amide bonds. The van der Waals surface area contributed by atoms with Crippen LogP contribution in [0.4, 0.5) is 4.39 Å². The fourth-order valence-corrected chi connectivity index (χ4v) is 2.73. The summed E-state index contributed by atoms with van der Waals surface area (Å²) in [6, 6.07) is 6.36. The summed E-state index contributed by atoms with van der Waals surface area (Å²) in [6.45, 7) is 5.16. The number of hydrogen-bond acceptors (Lipinski definition) is 3. The number of aliphatic hydroxyl groups is 1. The third-order valence-corrected chi connectivity index (χ3v) is 3.98. The molecule has 2 rings (SSSR count). The molecule has 0 aromatic heterocycles. The smallest absolute Gasteiger partial charge is 0.237 e. The largest absolute Gasteiger partial charge is 0.396 e. The van der Waals surface area contributed by atoms with Crippen LogP contribution in [0.5, 0.6) is 0 Å². The summed E-state index contributed by atoms with van der Waals surface area (Å²) < 4.78 is 13.2. The monoisotopic (exact) mass is 294 g/mol. The van der Waals surface area contributed by atoms with Gasteiger partial charge in [0.2, 0.25) is 5.91 Å². The van der Waals surface area contributed by atoms with E-state index in [0.29, 0.717) is 19.6 Å². The molecule has 5 heteroatoms. The minimum absolute atomic E-state index is 0.0559. The standard InChI is InChI=1S/C16H23FN2O2/c1-2-19(10-13-4-3-5-15(17)8-13)16(21)11-18-7-6-14(9-18)12-20/h3-5,8,14,20H,2,6-7,9-12H2,1H3. The molecule has 1 aromatic carbocycles. The van der Waals surface area contributed by atoms with E-state index in [4.69, 9.17) is 5.11 Å². The minimum atomic E-state index is -0.277. The van der Waals surface area contributed by atoms with Crippen molar-refractivity contribution in [2.45, 2.75) is 19.9 Å². The van der Waals surface area contributed by atoms with Gasteiger partial charge < -0.3 is 10.0 Å². The quantitative estimate of drug-likeness (QED) is 0.864. The van der Waals surface area contributed by atoms with Gasteiger partial charge in [-0.1, -0.05) is 12.1 Å². The molecule has 1 aromatic rings. The Kier molecular flexibility index (Phi) is 5.70. The lowest BCUT2D eigenvalue weighted by atomic mass is 10.1. The molecule has 1 unspecified atom stereocenters. The van der Waals surface area contributed by atoms with Gasteiger partial charge in [-0.25, -0.2) is 4.39 Å². The van der Waals surface area contributed by atoms with E-state index in [0.717, 1.165) is 25.1 Å². The molecule has 0 radical (unpaired) electrons. The maximum Gasteiger partial charge on any atom is 0.237 e. The first-order chi connectivity index (χ1) is 10.1. The molecule has 0 spiro atoms. The number of likely N-dealkylation sites (N-methyl/N-ethyl adjacent to an activating group) is 1. The third-order valence-electron chi connectivity index (χ3n) is 3.98. The average Bonchev–Trinajstić information content (AvgIpc) is 2.92. The highest BCUT2D eigenvalue weighted by molar-refractivity contribution is 5.78. The van der Waals surface area contributed by atoms with E-state index in [9.17, 15) is 9.18 Å². The van der Waals surface area contributed by atoms with Gasteiger partial charge in [0.25, 0.3) is 0 Å². The molecule has 4 nitrogen and oxygen atoms in total. The maximum absolute atomic E-state index is 13.2. The molecule has 1 atom stereocenters. The molecular weight excluding hydrogens is 271 g/mol. The molecule has 0 aliphatic carbocycles. The van der Waals surface area contributed by atoms with Crippen LogP contribution in [0, 0.1) is 11.7 Å². The Balaban J connectivity index is 1.90. The average molecular weight is 294 g/mol. The van der Waals surface area contributed by atoms with Crippen molar-refractivity contribution in [3.05, 3.63) is 35.6 Å².